The molecule has 1 heterocycles. The molecule has 3 heteroatoms. The number of hydrogen-bond donors (Lipinski definition) is 1. The highest BCUT2D eigenvalue weighted by Crippen LogP contribution is 2.20. The summed E-state index contributed by atoms with van der Waals surface area (Å²) >= 11 is 7.43. The standard InChI is InChI=1S/C10H14ClNS/c1-2-3-4-7-12-8-9-5-6-10(11)13-9/h2,5-6,12H,1,3-4,7-8H2. The van der Waals surface area contributed by atoms with Gasteiger partial charge in [-0.25, -0.2) is 0 Å². The Morgan fingerprint density at radius 1 is 1.54 bits per heavy atom. The molecule has 0 aromatic carbocycles. The van der Waals surface area contributed by atoms with Crippen molar-refractivity contribution in [3.8, 4) is 0 Å². The Balaban J connectivity index is 2.09. The lowest BCUT2D eigenvalue weighted by atomic mass is 10.3. The van der Waals surface area contributed by atoms with E-state index in [1.54, 1.807) is 11.3 Å². The predicted octanol–water partition coefficient (Wildman–Crippen LogP) is 3.46. The van der Waals surface area contributed by atoms with Gasteiger partial charge in [0, 0.05) is 11.4 Å². The third-order valence-corrected chi connectivity index (χ3v) is 2.92. The van der Waals surface area contributed by atoms with E-state index in [4.69, 9.17) is 11.6 Å². The van der Waals surface area contributed by atoms with Crippen molar-refractivity contribution in [3.05, 3.63) is 34.0 Å². The van der Waals surface area contributed by atoms with Crippen LogP contribution >= 0.6 is 22.9 Å². The molecule has 0 saturated heterocycles. The summed E-state index contributed by atoms with van der Waals surface area (Å²) in [6.45, 7) is 5.64. The third-order valence-electron chi connectivity index (χ3n) is 1.69. The Bertz CT molecular complexity index is 257. The van der Waals surface area contributed by atoms with Gasteiger partial charge >= 0.3 is 0 Å². The van der Waals surface area contributed by atoms with E-state index >= 15 is 0 Å². The maximum Gasteiger partial charge on any atom is 0.0931 e. The van der Waals surface area contributed by atoms with Crippen LogP contribution in [-0.2, 0) is 6.54 Å². The average molecular weight is 216 g/mol. The van der Waals surface area contributed by atoms with Gasteiger partial charge in [0.15, 0.2) is 0 Å². The summed E-state index contributed by atoms with van der Waals surface area (Å²) in [6, 6.07) is 4.00. The molecule has 0 fully saturated rings. The quantitative estimate of drug-likeness (QED) is 0.566. The lowest BCUT2D eigenvalue weighted by Gasteiger charge is -2.00. The largest absolute Gasteiger partial charge is 0.312 e. The number of hydrogen-bond acceptors (Lipinski definition) is 2. The summed E-state index contributed by atoms with van der Waals surface area (Å²) in [5, 5.41) is 3.35. The van der Waals surface area contributed by atoms with Crippen molar-refractivity contribution in [2.45, 2.75) is 19.4 Å². The van der Waals surface area contributed by atoms with E-state index in [0.29, 0.717) is 0 Å². The monoisotopic (exact) mass is 215 g/mol. The van der Waals surface area contributed by atoms with Crippen molar-refractivity contribution >= 4 is 22.9 Å². The minimum atomic E-state index is 0.864. The first kappa shape index (κ1) is 10.8. The molecule has 0 bridgehead atoms. The fraction of sp³-hybridized carbons (Fsp3) is 0.400. The normalized spacial score (nSPS) is 10.2. The van der Waals surface area contributed by atoms with Gasteiger partial charge in [-0.1, -0.05) is 17.7 Å². The minimum Gasteiger partial charge on any atom is -0.312 e. The lowest BCUT2D eigenvalue weighted by molar-refractivity contribution is 0.660. The highest BCUT2D eigenvalue weighted by atomic mass is 35.5. The topological polar surface area (TPSA) is 12.0 Å². The second kappa shape index (κ2) is 6.19. The number of nitrogens with one attached hydrogen (secondary N) is 1. The highest BCUT2D eigenvalue weighted by Gasteiger charge is 1.95. The fourth-order valence-electron chi connectivity index (χ4n) is 1.03. The number of thiophene rings is 1. The number of rotatable bonds is 6. The van der Waals surface area contributed by atoms with Gasteiger partial charge in [0.25, 0.3) is 0 Å². The first-order chi connectivity index (χ1) is 6.33. The van der Waals surface area contributed by atoms with Crippen LogP contribution in [0, 0.1) is 0 Å². The summed E-state index contributed by atoms with van der Waals surface area (Å²) in [6.07, 6.45) is 4.19. The van der Waals surface area contributed by atoms with Crippen molar-refractivity contribution in [2.24, 2.45) is 0 Å². The van der Waals surface area contributed by atoms with Gasteiger partial charge in [0.05, 0.1) is 4.34 Å². The average Bonchev–Trinajstić information content (AvgIpc) is 2.51. The van der Waals surface area contributed by atoms with Crippen LogP contribution < -0.4 is 5.32 Å². The second-order valence-corrected chi connectivity index (χ2v) is 4.61. The summed E-state index contributed by atoms with van der Waals surface area (Å²) in [5.74, 6) is 0. The number of halogens is 1. The molecule has 72 valence electrons. The Morgan fingerprint density at radius 2 is 2.38 bits per heavy atom. The van der Waals surface area contributed by atoms with E-state index in [0.717, 1.165) is 30.3 Å². The maximum absolute atomic E-state index is 5.80. The number of allylic oxidation sites excluding steroid dienone is 1. The molecular formula is C10H14ClNS. The fourth-order valence-corrected chi connectivity index (χ4v) is 2.09. The molecule has 1 N–H and O–H groups in total. The minimum absolute atomic E-state index is 0.864. The Hall–Kier alpha value is -0.310. The van der Waals surface area contributed by atoms with E-state index in [2.05, 4.69) is 18.0 Å². The van der Waals surface area contributed by atoms with E-state index in [-0.39, 0.29) is 0 Å². The SMILES string of the molecule is C=CCCCNCc1ccc(Cl)s1. The van der Waals surface area contributed by atoms with Crippen LogP contribution in [0.25, 0.3) is 0 Å². The van der Waals surface area contributed by atoms with Crippen molar-refractivity contribution in [3.63, 3.8) is 0 Å². The molecule has 0 saturated carbocycles. The van der Waals surface area contributed by atoms with Crippen LogP contribution in [0.5, 0.6) is 0 Å². The molecule has 0 aliphatic heterocycles. The van der Waals surface area contributed by atoms with Crippen LogP contribution in [0.2, 0.25) is 4.34 Å². The summed E-state index contributed by atoms with van der Waals surface area (Å²) in [7, 11) is 0. The highest BCUT2D eigenvalue weighted by molar-refractivity contribution is 7.16. The predicted molar refractivity (Wildman–Crippen MR) is 60.5 cm³/mol. The molecule has 0 spiro atoms. The zero-order chi connectivity index (χ0) is 9.52. The molecule has 0 aliphatic rings. The van der Waals surface area contributed by atoms with Gasteiger partial charge in [0.1, 0.15) is 0 Å². The van der Waals surface area contributed by atoms with Crippen molar-refractivity contribution in [1.29, 1.82) is 0 Å². The van der Waals surface area contributed by atoms with Crippen molar-refractivity contribution < 1.29 is 0 Å². The van der Waals surface area contributed by atoms with Gasteiger partial charge in [-0.3, -0.25) is 0 Å². The van der Waals surface area contributed by atoms with Gasteiger partial charge in [-0.15, -0.1) is 17.9 Å². The van der Waals surface area contributed by atoms with Crippen molar-refractivity contribution in [2.75, 3.05) is 6.54 Å². The molecule has 0 atom stereocenters. The molecule has 1 nitrogen and oxygen atoms in total. The van der Waals surface area contributed by atoms with E-state index in [9.17, 15) is 0 Å². The van der Waals surface area contributed by atoms with Gasteiger partial charge in [-0.05, 0) is 31.5 Å². The number of unbranched alkanes of at least 4 members (excludes halogenated alkanes) is 1. The molecule has 1 aromatic rings. The van der Waals surface area contributed by atoms with E-state index in [1.807, 2.05) is 12.1 Å². The third kappa shape index (κ3) is 4.46. The van der Waals surface area contributed by atoms with Gasteiger partial charge < -0.3 is 5.32 Å². The van der Waals surface area contributed by atoms with Crippen LogP contribution in [-0.4, -0.2) is 6.54 Å². The molecule has 0 amide bonds. The lowest BCUT2D eigenvalue weighted by Crippen LogP contribution is -2.13. The molecule has 0 unspecified atom stereocenters. The van der Waals surface area contributed by atoms with E-state index in [1.165, 1.54) is 4.88 Å². The van der Waals surface area contributed by atoms with Gasteiger partial charge in [-0.2, -0.15) is 0 Å². The molecule has 1 aromatic heterocycles. The van der Waals surface area contributed by atoms with Crippen LogP contribution in [0.15, 0.2) is 24.8 Å². The van der Waals surface area contributed by atoms with Crippen LogP contribution in [0.4, 0.5) is 0 Å². The van der Waals surface area contributed by atoms with Crippen LogP contribution in [0.1, 0.15) is 17.7 Å². The Morgan fingerprint density at radius 3 is 3.00 bits per heavy atom. The molecule has 0 aliphatic carbocycles. The first-order valence-electron chi connectivity index (χ1n) is 4.39. The van der Waals surface area contributed by atoms with Gasteiger partial charge in [0.2, 0.25) is 0 Å². The second-order valence-electron chi connectivity index (χ2n) is 2.81. The van der Waals surface area contributed by atoms with Crippen molar-refractivity contribution in [1.82, 2.24) is 5.32 Å². The summed E-state index contributed by atoms with van der Waals surface area (Å²) < 4.78 is 0.864. The van der Waals surface area contributed by atoms with E-state index < -0.39 is 0 Å². The maximum atomic E-state index is 5.80. The Labute approximate surface area is 88.4 Å². The molecule has 1 rings (SSSR count). The molecular weight excluding hydrogens is 202 g/mol. The molecule has 13 heavy (non-hydrogen) atoms. The zero-order valence-corrected chi connectivity index (χ0v) is 9.13. The Kier molecular flexibility index (Phi) is 5.13. The summed E-state index contributed by atoms with van der Waals surface area (Å²) in [4.78, 5) is 1.30. The van der Waals surface area contributed by atoms with Crippen LogP contribution in [0.3, 0.4) is 0 Å². The zero-order valence-electron chi connectivity index (χ0n) is 7.55. The first-order valence-corrected chi connectivity index (χ1v) is 5.58. The molecule has 0 radical (unpaired) electrons. The summed E-state index contributed by atoms with van der Waals surface area (Å²) in [5.41, 5.74) is 0. The smallest absolute Gasteiger partial charge is 0.0931 e.